The maximum Gasteiger partial charge on any atom is 0.266 e. The molecular weight excluding hydrogens is 484 g/mol. The minimum absolute atomic E-state index is 0.0725. The van der Waals surface area contributed by atoms with Crippen LogP contribution in [0.25, 0.3) is 16.6 Å². The molecule has 0 spiro atoms. The maximum atomic E-state index is 13.1. The number of nitrogens with zero attached hydrogens (tertiary/aromatic N) is 3. The smallest absolute Gasteiger partial charge is 0.266 e. The number of carbonyl (C=O) groups is 1. The fourth-order valence-corrected chi connectivity index (χ4v) is 4.84. The summed E-state index contributed by atoms with van der Waals surface area (Å²) in [5, 5.41) is 4.96. The molecular formula is C21H15BrN4O2S2. The van der Waals surface area contributed by atoms with E-state index in [-0.39, 0.29) is 17.2 Å². The van der Waals surface area contributed by atoms with Crippen LogP contribution in [-0.4, -0.2) is 27.4 Å². The molecule has 4 aromatic rings. The molecule has 0 radical (unpaired) electrons. The van der Waals surface area contributed by atoms with E-state index in [2.05, 4.69) is 31.4 Å². The summed E-state index contributed by atoms with van der Waals surface area (Å²) in [5.41, 5.74) is 3.63. The van der Waals surface area contributed by atoms with Crippen molar-refractivity contribution in [2.75, 3.05) is 5.75 Å². The Labute approximate surface area is 188 Å². The predicted octanol–water partition coefficient (Wildman–Crippen LogP) is 4.45. The van der Waals surface area contributed by atoms with Crippen molar-refractivity contribution in [2.24, 2.45) is 5.10 Å². The Balaban J connectivity index is 1.56. The summed E-state index contributed by atoms with van der Waals surface area (Å²) >= 11 is 6.09. The number of aromatic nitrogens is 2. The van der Waals surface area contributed by atoms with Gasteiger partial charge in [-0.2, -0.15) is 5.10 Å². The van der Waals surface area contributed by atoms with E-state index in [0.29, 0.717) is 21.7 Å². The first kappa shape index (κ1) is 20.5. The van der Waals surface area contributed by atoms with Crippen LogP contribution in [0, 0.1) is 0 Å². The number of hydrogen-bond acceptors (Lipinski definition) is 6. The van der Waals surface area contributed by atoms with Crippen molar-refractivity contribution < 1.29 is 4.79 Å². The molecule has 0 aliphatic rings. The number of halogens is 1. The summed E-state index contributed by atoms with van der Waals surface area (Å²) in [7, 11) is 0. The summed E-state index contributed by atoms with van der Waals surface area (Å²) in [6.45, 7) is 0. The monoisotopic (exact) mass is 498 g/mol. The number of carbonyl (C=O) groups excluding carboxylic acids is 1. The van der Waals surface area contributed by atoms with Gasteiger partial charge in [0.1, 0.15) is 0 Å². The second-order valence-electron chi connectivity index (χ2n) is 6.11. The van der Waals surface area contributed by atoms with Crippen molar-refractivity contribution in [3.63, 3.8) is 0 Å². The Morgan fingerprint density at radius 1 is 1.13 bits per heavy atom. The van der Waals surface area contributed by atoms with E-state index in [9.17, 15) is 9.59 Å². The second-order valence-corrected chi connectivity index (χ2v) is 9.55. The van der Waals surface area contributed by atoms with Crippen molar-refractivity contribution in [1.29, 1.82) is 0 Å². The van der Waals surface area contributed by atoms with E-state index in [1.165, 1.54) is 27.7 Å². The highest BCUT2D eigenvalue weighted by Gasteiger charge is 2.14. The molecule has 0 saturated heterocycles. The molecule has 0 bridgehead atoms. The minimum Gasteiger partial charge on any atom is -0.272 e. The van der Waals surface area contributed by atoms with Gasteiger partial charge in [0.25, 0.3) is 11.5 Å². The SMILES string of the molecule is O=C(CSc1nc2ccccc2c(=O)n1-c1ccccc1)NN=Cc1ccc(Br)s1. The zero-order valence-electron chi connectivity index (χ0n) is 15.5. The lowest BCUT2D eigenvalue weighted by Gasteiger charge is -2.12. The van der Waals surface area contributed by atoms with E-state index < -0.39 is 0 Å². The Hall–Kier alpha value is -2.75. The molecule has 2 heterocycles. The van der Waals surface area contributed by atoms with Gasteiger partial charge >= 0.3 is 0 Å². The fraction of sp³-hybridized carbons (Fsp3) is 0.0476. The number of fused-ring (bicyclic) bond motifs is 1. The topological polar surface area (TPSA) is 76.3 Å². The first-order valence-corrected chi connectivity index (χ1v) is 11.5. The minimum atomic E-state index is -0.283. The molecule has 9 heteroatoms. The number of hydrogen-bond donors (Lipinski definition) is 1. The molecule has 0 fully saturated rings. The fourth-order valence-electron chi connectivity index (χ4n) is 2.74. The van der Waals surface area contributed by atoms with Gasteiger partial charge in [-0.1, -0.05) is 42.1 Å². The standard InChI is InChI=1S/C21H15BrN4O2S2/c22-18-11-10-15(30-18)12-23-25-19(27)13-29-21-24-17-9-5-4-8-16(17)20(28)26(21)14-6-2-1-3-7-14/h1-12H,13H2,(H,25,27). The molecule has 0 saturated carbocycles. The third-order valence-electron chi connectivity index (χ3n) is 4.07. The summed E-state index contributed by atoms with van der Waals surface area (Å²) in [5.74, 6) is -0.211. The Morgan fingerprint density at radius 2 is 1.90 bits per heavy atom. The van der Waals surface area contributed by atoms with Crippen LogP contribution in [0.5, 0.6) is 0 Å². The zero-order valence-corrected chi connectivity index (χ0v) is 18.7. The van der Waals surface area contributed by atoms with Crippen LogP contribution in [0.15, 0.2) is 85.6 Å². The first-order valence-electron chi connectivity index (χ1n) is 8.89. The third kappa shape index (κ3) is 4.69. The zero-order chi connectivity index (χ0) is 20.9. The van der Waals surface area contributed by atoms with E-state index in [1.54, 1.807) is 18.3 Å². The Kier molecular flexibility index (Phi) is 6.41. The molecule has 0 aliphatic carbocycles. The normalized spacial score (nSPS) is 11.2. The summed E-state index contributed by atoms with van der Waals surface area (Å²) in [4.78, 5) is 30.9. The summed E-state index contributed by atoms with van der Waals surface area (Å²) < 4.78 is 2.53. The van der Waals surface area contributed by atoms with Gasteiger partial charge < -0.3 is 0 Å². The van der Waals surface area contributed by atoms with Crippen LogP contribution in [0.4, 0.5) is 0 Å². The highest BCUT2D eigenvalue weighted by atomic mass is 79.9. The lowest BCUT2D eigenvalue weighted by molar-refractivity contribution is -0.118. The van der Waals surface area contributed by atoms with E-state index in [4.69, 9.17) is 0 Å². The molecule has 30 heavy (non-hydrogen) atoms. The van der Waals surface area contributed by atoms with Gasteiger partial charge in [0.2, 0.25) is 0 Å². The van der Waals surface area contributed by atoms with Gasteiger partial charge in [0.05, 0.1) is 32.3 Å². The Morgan fingerprint density at radius 3 is 2.67 bits per heavy atom. The molecule has 2 aromatic heterocycles. The summed E-state index contributed by atoms with van der Waals surface area (Å²) in [6, 6.07) is 20.3. The maximum absolute atomic E-state index is 13.1. The van der Waals surface area contributed by atoms with Crippen molar-refractivity contribution in [3.05, 3.63) is 85.7 Å². The molecule has 150 valence electrons. The number of hydrazone groups is 1. The van der Waals surface area contributed by atoms with E-state index in [1.807, 2.05) is 54.6 Å². The number of para-hydroxylation sites is 2. The highest BCUT2D eigenvalue weighted by Crippen LogP contribution is 2.22. The molecule has 2 aromatic carbocycles. The van der Waals surface area contributed by atoms with Gasteiger partial charge in [-0.3, -0.25) is 14.2 Å². The number of rotatable bonds is 6. The van der Waals surface area contributed by atoms with Crippen LogP contribution in [-0.2, 0) is 4.79 Å². The lowest BCUT2D eigenvalue weighted by Crippen LogP contribution is -2.24. The predicted molar refractivity (Wildman–Crippen MR) is 126 cm³/mol. The van der Waals surface area contributed by atoms with Crippen molar-refractivity contribution in [2.45, 2.75) is 5.16 Å². The molecule has 6 nitrogen and oxygen atoms in total. The largest absolute Gasteiger partial charge is 0.272 e. The van der Waals surface area contributed by atoms with E-state index in [0.717, 1.165) is 8.66 Å². The van der Waals surface area contributed by atoms with Gasteiger partial charge in [0.15, 0.2) is 5.16 Å². The van der Waals surface area contributed by atoms with Crippen LogP contribution in [0.3, 0.4) is 0 Å². The van der Waals surface area contributed by atoms with Crippen molar-refractivity contribution in [3.8, 4) is 5.69 Å². The number of nitrogens with one attached hydrogen (secondary N) is 1. The lowest BCUT2D eigenvalue weighted by atomic mass is 10.2. The molecule has 1 N–H and O–H groups in total. The van der Waals surface area contributed by atoms with Crippen LogP contribution < -0.4 is 11.0 Å². The average molecular weight is 499 g/mol. The first-order chi connectivity index (χ1) is 14.6. The van der Waals surface area contributed by atoms with Gasteiger partial charge in [-0.05, 0) is 52.3 Å². The van der Waals surface area contributed by atoms with Crippen molar-refractivity contribution in [1.82, 2.24) is 15.0 Å². The molecule has 0 unspecified atom stereocenters. The van der Waals surface area contributed by atoms with Crippen molar-refractivity contribution >= 4 is 62.1 Å². The number of thioether (sulfide) groups is 1. The number of benzene rings is 2. The number of thiophene rings is 1. The van der Waals surface area contributed by atoms with E-state index >= 15 is 0 Å². The van der Waals surface area contributed by atoms with Crippen LogP contribution in [0.1, 0.15) is 4.88 Å². The Bertz CT molecular complexity index is 1290. The molecule has 0 aliphatic heterocycles. The van der Waals surface area contributed by atoms with Crippen LogP contribution >= 0.6 is 39.0 Å². The summed E-state index contributed by atoms with van der Waals surface area (Å²) in [6.07, 6.45) is 1.59. The second kappa shape index (κ2) is 9.38. The molecule has 4 rings (SSSR count). The van der Waals surface area contributed by atoms with Gasteiger partial charge in [-0.25, -0.2) is 10.4 Å². The molecule has 0 atom stereocenters. The average Bonchev–Trinajstić information content (AvgIpc) is 3.18. The highest BCUT2D eigenvalue weighted by molar-refractivity contribution is 9.11. The van der Waals surface area contributed by atoms with Gasteiger partial charge in [0, 0.05) is 4.88 Å². The van der Waals surface area contributed by atoms with Crippen LogP contribution in [0.2, 0.25) is 0 Å². The third-order valence-corrected chi connectivity index (χ3v) is 6.56. The molecule has 1 amide bonds. The quantitative estimate of drug-likeness (QED) is 0.184. The number of amides is 1. The van der Waals surface area contributed by atoms with Gasteiger partial charge in [-0.15, -0.1) is 11.3 Å².